The van der Waals surface area contributed by atoms with Crippen molar-refractivity contribution in [3.05, 3.63) is 90.1 Å². The topological polar surface area (TPSA) is 625 Å². The van der Waals surface area contributed by atoms with Crippen molar-refractivity contribution in [2.45, 2.75) is 172 Å². The first kappa shape index (κ1) is 88.6. The van der Waals surface area contributed by atoms with E-state index in [1.807, 2.05) is 0 Å². The molecule has 39 heteroatoms. The molecule has 107 heavy (non-hydrogen) atoms. The molecule has 2 heterocycles. The van der Waals surface area contributed by atoms with Crippen molar-refractivity contribution in [2.24, 2.45) is 45.7 Å². The Bertz CT molecular complexity index is 3690. The highest BCUT2D eigenvalue weighted by Gasteiger charge is 2.39. The number of carboxylic acid groups (broad SMARTS) is 1. The molecule has 2 aromatic carbocycles. The van der Waals surface area contributed by atoms with E-state index in [-0.39, 0.29) is 74.8 Å². The van der Waals surface area contributed by atoms with Gasteiger partial charge in [-0.15, -0.1) is 0 Å². The molecule has 0 radical (unpaired) electrons. The molecule has 0 saturated carbocycles. The van der Waals surface area contributed by atoms with Gasteiger partial charge in [-0.05, 0) is 54.2 Å². The van der Waals surface area contributed by atoms with Crippen molar-refractivity contribution < 1.29 is 87.5 Å². The van der Waals surface area contributed by atoms with Gasteiger partial charge < -0.3 is 117 Å². The van der Waals surface area contributed by atoms with E-state index in [4.69, 9.17) is 22.9 Å². The van der Waals surface area contributed by atoms with Crippen LogP contribution in [0.2, 0.25) is 0 Å². The van der Waals surface area contributed by atoms with E-state index in [1.165, 1.54) is 12.5 Å². The molecular formula is C68H102N20O18S. The molecule has 0 aliphatic carbocycles. The number of hydrogen-bond donors (Lipinski definition) is 23. The Morgan fingerprint density at radius 1 is 0.533 bits per heavy atom. The van der Waals surface area contributed by atoms with Gasteiger partial charge in [0.2, 0.25) is 76.8 Å². The Kier molecular flexibility index (Phi) is 37.2. The highest BCUT2D eigenvalue weighted by Crippen LogP contribution is 2.20. The summed E-state index contributed by atoms with van der Waals surface area (Å²) in [6.07, 6.45) is 3.07. The summed E-state index contributed by atoms with van der Waals surface area (Å²) in [5, 5.41) is 70.2. The van der Waals surface area contributed by atoms with E-state index in [0.717, 1.165) is 0 Å². The first-order valence-electron chi connectivity index (χ1n) is 34.7. The first-order valence-corrected chi connectivity index (χ1v) is 35.3. The minimum absolute atomic E-state index is 0.00384. The van der Waals surface area contributed by atoms with Crippen LogP contribution in [-0.2, 0) is 86.4 Å². The van der Waals surface area contributed by atoms with E-state index in [1.54, 1.807) is 102 Å². The molecule has 0 spiro atoms. The van der Waals surface area contributed by atoms with Crippen molar-refractivity contribution in [1.82, 2.24) is 78.8 Å². The number of para-hydroxylation sites is 1. The lowest BCUT2D eigenvalue weighted by Crippen LogP contribution is -2.63. The first-order chi connectivity index (χ1) is 50.8. The van der Waals surface area contributed by atoms with Gasteiger partial charge in [-0.25, -0.2) is 9.78 Å². The number of aromatic amines is 2. The number of aromatic nitrogens is 3. The van der Waals surface area contributed by atoms with Crippen LogP contribution in [-0.4, -0.2) is 235 Å². The summed E-state index contributed by atoms with van der Waals surface area (Å²) in [5.41, 5.74) is 23.9. The molecule has 26 N–H and O–H groups in total. The van der Waals surface area contributed by atoms with Crippen molar-refractivity contribution in [3.8, 4) is 0 Å². The van der Waals surface area contributed by atoms with Crippen LogP contribution in [0.1, 0.15) is 96.9 Å². The Labute approximate surface area is 622 Å². The minimum Gasteiger partial charge on any atom is -0.480 e. The molecule has 0 saturated heterocycles. The molecule has 2 aromatic heterocycles. The average Bonchev–Trinajstić information content (AvgIpc) is 1.72. The molecule has 0 aliphatic heterocycles. The number of carbonyl (C=O) groups excluding carboxylic acids is 13. The lowest BCUT2D eigenvalue weighted by atomic mass is 9.94. The Hall–Kier alpha value is -10.8. The minimum atomic E-state index is -1.81. The third-order valence-electron chi connectivity index (χ3n) is 17.2. The molecule has 0 bridgehead atoms. The second kappa shape index (κ2) is 44.9. The Morgan fingerprint density at radius 3 is 1.56 bits per heavy atom. The molecule has 13 amide bonds. The van der Waals surface area contributed by atoms with Crippen LogP contribution in [0.3, 0.4) is 0 Å². The number of benzene rings is 2. The number of hydrogen-bond acceptors (Lipinski definition) is 21. The van der Waals surface area contributed by atoms with Crippen LogP contribution in [0, 0.1) is 17.8 Å². The van der Waals surface area contributed by atoms with E-state index < -0.39 is 200 Å². The Morgan fingerprint density at radius 2 is 1.02 bits per heavy atom. The smallest absolute Gasteiger partial charge is 0.326 e. The van der Waals surface area contributed by atoms with Crippen molar-refractivity contribution in [3.63, 3.8) is 0 Å². The maximum atomic E-state index is 15.0. The number of imidazole rings is 1. The number of carboxylic acids is 1. The summed E-state index contributed by atoms with van der Waals surface area (Å²) in [6, 6.07) is -3.07. The normalized spacial score (nSPS) is 15.1. The number of guanidine groups is 1. The second-order valence-corrected chi connectivity index (χ2v) is 26.4. The van der Waals surface area contributed by atoms with E-state index in [9.17, 15) is 82.8 Å². The number of aliphatic carboxylic acids is 1. The van der Waals surface area contributed by atoms with E-state index in [0.29, 0.717) is 28.5 Å². The third-order valence-corrected chi connectivity index (χ3v) is 17.6. The standard InChI is InChI=1S/C68H102N20O18S/c1-7-35(5)54(88-66(104)55(36(6)8-2)87-63(101)50(31-91)84-56(94)41(69)29-89)65(103)85-49(30-90)62(100)82-47(24-39-27-73-33-77-39)61(99)80-45(22-37-15-10-9-11-16-37)60(98)79-43(19-14-20-74-68(71)72)58(96)81-46(23-38-26-75-42-18-13-12-17-40(38)42)57(95)76-28-53(93)78-44(21-34(3)4)59(97)86-51(32-107)64(102)83-48(67(105)106)25-52(70)92/h9-13,15-18,26-27,33-36,41,43-51,54-55,75,89-91,107H,7-8,14,19-25,28-32,69H2,1-6H3,(H2,70,92)(H,73,77)(H,76,95)(H,78,93)(H,79,98)(H,80,99)(H,81,96)(H,82,100)(H,83,102)(H,84,94)(H,85,103)(H,86,97)(H,87,101)(H,88,104)(H,105,106)(H4,71,72,74)/t35-,36-,41-,43-,44-,45-,46-,47-,48-,49-,50-,51-,54-,55-/m0/s1. The number of thiol groups is 1. The van der Waals surface area contributed by atoms with Crippen molar-refractivity contribution in [2.75, 3.05) is 38.7 Å². The molecule has 14 atom stereocenters. The fourth-order valence-electron chi connectivity index (χ4n) is 10.8. The number of nitrogens with one attached hydrogen (secondary N) is 14. The highest BCUT2D eigenvalue weighted by atomic mass is 32.1. The van der Waals surface area contributed by atoms with Gasteiger partial charge in [-0.3, -0.25) is 67.3 Å². The van der Waals surface area contributed by atoms with Crippen LogP contribution in [0.5, 0.6) is 0 Å². The van der Waals surface area contributed by atoms with Crippen molar-refractivity contribution >= 4 is 112 Å². The van der Waals surface area contributed by atoms with Gasteiger partial charge in [-0.2, -0.15) is 12.6 Å². The number of rotatable bonds is 47. The molecule has 0 unspecified atom stereocenters. The van der Waals surface area contributed by atoms with E-state index >= 15 is 4.79 Å². The maximum Gasteiger partial charge on any atom is 0.326 e. The number of H-pyrrole nitrogens is 2. The molecule has 4 aromatic rings. The predicted molar refractivity (Wildman–Crippen MR) is 391 cm³/mol. The number of aliphatic imine (C=N–C) groups is 1. The average molecular weight is 1520 g/mol. The number of nitrogens with two attached hydrogens (primary N) is 4. The zero-order valence-corrected chi connectivity index (χ0v) is 61.2. The predicted octanol–water partition coefficient (Wildman–Crippen LogP) is -6.25. The number of primary amides is 1. The van der Waals surface area contributed by atoms with Crippen LogP contribution < -0.4 is 86.7 Å². The van der Waals surface area contributed by atoms with Gasteiger partial charge in [0.1, 0.15) is 72.5 Å². The van der Waals surface area contributed by atoms with Gasteiger partial charge >= 0.3 is 5.97 Å². The van der Waals surface area contributed by atoms with Crippen molar-refractivity contribution in [1.29, 1.82) is 0 Å². The third kappa shape index (κ3) is 29.2. The van der Waals surface area contributed by atoms with Gasteiger partial charge in [0, 0.05) is 60.6 Å². The SMILES string of the molecule is CC[C@H](C)[C@H](NC(=O)[C@H](CO)NC(=O)[C@@H](N)CO)C(=O)N[C@H](C(=O)N[C@@H](CO)C(=O)N[C@@H](Cc1cnc[nH]1)C(=O)N[C@@H](Cc1ccccc1)C(=O)N[C@@H](CCCN=C(N)N)C(=O)N[C@@H](Cc1c[nH]c2ccccc12)C(=O)NCC(=O)N[C@@H](CC(C)C)C(=O)N[C@@H](CS)C(=O)N[C@@H](CC(N)=O)C(=O)O)[C@@H](C)CC. The van der Waals surface area contributed by atoms with Crippen LogP contribution in [0.15, 0.2) is 78.3 Å². The van der Waals surface area contributed by atoms with Crippen LogP contribution in [0.25, 0.3) is 10.9 Å². The maximum absolute atomic E-state index is 15.0. The molecular weight excluding hydrogens is 1420 g/mol. The molecule has 588 valence electrons. The number of aliphatic hydroxyl groups is 3. The molecule has 0 fully saturated rings. The van der Waals surface area contributed by atoms with Gasteiger partial charge in [0.15, 0.2) is 5.96 Å². The lowest BCUT2D eigenvalue weighted by molar-refractivity contribution is -0.143. The number of fused-ring (bicyclic) bond motifs is 1. The van der Waals surface area contributed by atoms with Crippen LogP contribution >= 0.6 is 12.6 Å². The monoisotopic (exact) mass is 1520 g/mol. The second-order valence-electron chi connectivity index (χ2n) is 26.0. The molecule has 4 rings (SSSR count). The summed E-state index contributed by atoms with van der Waals surface area (Å²) in [6.45, 7) is 6.50. The number of nitrogens with zero attached hydrogens (tertiary/aromatic N) is 2. The molecule has 38 nitrogen and oxygen atoms in total. The van der Waals surface area contributed by atoms with Gasteiger partial charge in [-0.1, -0.05) is 103 Å². The number of carbonyl (C=O) groups is 14. The zero-order valence-electron chi connectivity index (χ0n) is 60.4. The Balaban J connectivity index is 1.65. The fraction of sp³-hybridized carbons (Fsp3) is 0.529. The highest BCUT2D eigenvalue weighted by molar-refractivity contribution is 7.80. The fourth-order valence-corrected chi connectivity index (χ4v) is 11.0. The quantitative estimate of drug-likeness (QED) is 0.00847. The summed E-state index contributed by atoms with van der Waals surface area (Å²) in [7, 11) is 0. The summed E-state index contributed by atoms with van der Waals surface area (Å²) >= 11 is 4.12. The number of amides is 13. The lowest BCUT2D eigenvalue weighted by Gasteiger charge is -2.30. The summed E-state index contributed by atoms with van der Waals surface area (Å²) < 4.78 is 0. The summed E-state index contributed by atoms with van der Waals surface area (Å²) in [4.78, 5) is 206. The molecule has 0 aliphatic rings. The zero-order chi connectivity index (χ0) is 79.6. The number of aliphatic hydroxyl groups excluding tert-OH is 3. The van der Waals surface area contributed by atoms with Gasteiger partial charge in [0.25, 0.3) is 0 Å². The largest absolute Gasteiger partial charge is 0.480 e. The van der Waals surface area contributed by atoms with Crippen LogP contribution in [0.4, 0.5) is 0 Å². The van der Waals surface area contributed by atoms with Gasteiger partial charge in [0.05, 0.1) is 39.1 Å². The summed E-state index contributed by atoms with van der Waals surface area (Å²) in [5.74, 6) is -16.4. The van der Waals surface area contributed by atoms with E-state index in [2.05, 4.69) is 96.4 Å².